The summed E-state index contributed by atoms with van der Waals surface area (Å²) in [5, 5.41) is 0. The fourth-order valence-electron chi connectivity index (χ4n) is 2.55. The van der Waals surface area contributed by atoms with Gasteiger partial charge in [-0.3, -0.25) is 5.84 Å². The lowest BCUT2D eigenvalue weighted by atomic mass is 9.88. The summed E-state index contributed by atoms with van der Waals surface area (Å²) >= 11 is 0. The van der Waals surface area contributed by atoms with E-state index in [0.717, 1.165) is 43.0 Å². The SMILES string of the molecule is NNC(C1=CCCCC1)c1cc(F)ccc1C(F)(F)F. The molecule has 2 nitrogen and oxygen atoms in total. The highest BCUT2D eigenvalue weighted by Crippen LogP contribution is 2.38. The van der Waals surface area contributed by atoms with Gasteiger partial charge in [0.05, 0.1) is 11.6 Å². The van der Waals surface area contributed by atoms with Gasteiger partial charge in [-0.25, -0.2) is 9.82 Å². The zero-order chi connectivity index (χ0) is 14.8. The lowest BCUT2D eigenvalue weighted by Gasteiger charge is -2.25. The number of rotatable bonds is 3. The Balaban J connectivity index is 2.48. The van der Waals surface area contributed by atoms with Crippen LogP contribution in [-0.4, -0.2) is 0 Å². The van der Waals surface area contributed by atoms with E-state index in [9.17, 15) is 17.6 Å². The second kappa shape index (κ2) is 5.93. The maximum atomic E-state index is 13.3. The van der Waals surface area contributed by atoms with E-state index < -0.39 is 23.6 Å². The molecule has 0 heterocycles. The second-order valence-corrected chi connectivity index (χ2v) is 4.85. The van der Waals surface area contributed by atoms with Crippen molar-refractivity contribution in [1.29, 1.82) is 0 Å². The topological polar surface area (TPSA) is 38.0 Å². The molecule has 1 aliphatic rings. The summed E-state index contributed by atoms with van der Waals surface area (Å²) in [6.45, 7) is 0. The largest absolute Gasteiger partial charge is 0.416 e. The lowest BCUT2D eigenvalue weighted by molar-refractivity contribution is -0.138. The summed E-state index contributed by atoms with van der Waals surface area (Å²) in [7, 11) is 0. The van der Waals surface area contributed by atoms with Crippen LogP contribution in [0.5, 0.6) is 0 Å². The summed E-state index contributed by atoms with van der Waals surface area (Å²) in [6.07, 6.45) is 0.746. The van der Waals surface area contributed by atoms with E-state index in [2.05, 4.69) is 5.43 Å². The minimum atomic E-state index is -4.53. The first kappa shape index (κ1) is 15.0. The van der Waals surface area contributed by atoms with Crippen LogP contribution in [0.2, 0.25) is 0 Å². The molecular formula is C14H16F4N2. The number of benzene rings is 1. The molecule has 0 fully saturated rings. The van der Waals surface area contributed by atoms with E-state index in [0.29, 0.717) is 6.42 Å². The van der Waals surface area contributed by atoms with Crippen molar-refractivity contribution in [1.82, 2.24) is 5.43 Å². The van der Waals surface area contributed by atoms with Crippen LogP contribution in [0.3, 0.4) is 0 Å². The molecule has 110 valence electrons. The second-order valence-electron chi connectivity index (χ2n) is 4.85. The molecule has 0 amide bonds. The molecule has 3 N–H and O–H groups in total. The zero-order valence-electron chi connectivity index (χ0n) is 10.8. The number of alkyl halides is 3. The molecule has 0 bridgehead atoms. The zero-order valence-corrected chi connectivity index (χ0v) is 10.8. The smallest absolute Gasteiger partial charge is 0.271 e. The molecule has 20 heavy (non-hydrogen) atoms. The highest BCUT2D eigenvalue weighted by atomic mass is 19.4. The summed E-state index contributed by atoms with van der Waals surface area (Å²) in [4.78, 5) is 0. The van der Waals surface area contributed by atoms with Gasteiger partial charge in [0.15, 0.2) is 0 Å². The molecule has 0 saturated carbocycles. The van der Waals surface area contributed by atoms with Gasteiger partial charge in [0, 0.05) is 0 Å². The maximum absolute atomic E-state index is 13.3. The van der Waals surface area contributed by atoms with E-state index in [-0.39, 0.29) is 5.56 Å². The van der Waals surface area contributed by atoms with Crippen LogP contribution >= 0.6 is 0 Å². The van der Waals surface area contributed by atoms with Crippen LogP contribution < -0.4 is 11.3 Å². The minimum Gasteiger partial charge on any atom is -0.271 e. The van der Waals surface area contributed by atoms with Crippen molar-refractivity contribution < 1.29 is 17.6 Å². The average Bonchev–Trinajstić information content (AvgIpc) is 2.39. The molecule has 1 unspecified atom stereocenters. The van der Waals surface area contributed by atoms with Crippen LogP contribution in [0, 0.1) is 5.82 Å². The maximum Gasteiger partial charge on any atom is 0.416 e. The lowest BCUT2D eigenvalue weighted by Crippen LogP contribution is -2.31. The molecule has 1 atom stereocenters. The van der Waals surface area contributed by atoms with E-state index in [1.807, 2.05) is 6.08 Å². The van der Waals surface area contributed by atoms with E-state index in [1.54, 1.807) is 0 Å². The molecule has 0 aliphatic heterocycles. The van der Waals surface area contributed by atoms with Crippen molar-refractivity contribution in [3.63, 3.8) is 0 Å². The number of halogens is 4. The van der Waals surface area contributed by atoms with Gasteiger partial charge in [-0.15, -0.1) is 0 Å². The van der Waals surface area contributed by atoms with Gasteiger partial charge < -0.3 is 0 Å². The van der Waals surface area contributed by atoms with Crippen molar-refractivity contribution in [2.75, 3.05) is 0 Å². The highest BCUT2D eigenvalue weighted by molar-refractivity contribution is 5.38. The first-order chi connectivity index (χ1) is 9.43. The Labute approximate surface area is 114 Å². The van der Waals surface area contributed by atoms with Crippen LogP contribution in [-0.2, 0) is 6.18 Å². The molecule has 0 spiro atoms. The normalized spacial score (nSPS) is 17.8. The molecule has 1 aromatic carbocycles. The van der Waals surface area contributed by atoms with Crippen LogP contribution in [0.4, 0.5) is 17.6 Å². The number of allylic oxidation sites excluding steroid dienone is 1. The molecule has 1 aromatic rings. The average molecular weight is 288 g/mol. The minimum absolute atomic E-state index is 0.159. The summed E-state index contributed by atoms with van der Waals surface area (Å²) in [6, 6.07) is 1.68. The fraction of sp³-hybridized carbons (Fsp3) is 0.429. The standard InChI is InChI=1S/C14H16F4N2/c15-10-6-7-12(14(16,17)18)11(8-10)13(20-19)9-4-2-1-3-5-9/h4,6-8,13,20H,1-3,5,19H2. The Bertz CT molecular complexity index is 508. The quantitative estimate of drug-likeness (QED) is 0.384. The van der Waals surface area contributed by atoms with E-state index in [1.165, 1.54) is 0 Å². The Morgan fingerprint density at radius 3 is 2.50 bits per heavy atom. The molecule has 0 aromatic heterocycles. The summed E-state index contributed by atoms with van der Waals surface area (Å²) < 4.78 is 52.4. The molecule has 2 rings (SSSR count). The molecular weight excluding hydrogens is 272 g/mol. The van der Waals surface area contributed by atoms with Crippen LogP contribution in [0.15, 0.2) is 29.8 Å². The van der Waals surface area contributed by atoms with Gasteiger partial charge in [-0.1, -0.05) is 11.6 Å². The Morgan fingerprint density at radius 1 is 1.20 bits per heavy atom. The Morgan fingerprint density at radius 2 is 1.95 bits per heavy atom. The van der Waals surface area contributed by atoms with Crippen molar-refractivity contribution in [2.45, 2.75) is 37.9 Å². The third-order valence-electron chi connectivity index (χ3n) is 3.49. The van der Waals surface area contributed by atoms with Crippen molar-refractivity contribution in [3.05, 3.63) is 46.8 Å². The van der Waals surface area contributed by atoms with Gasteiger partial charge in [-0.05, 0) is 49.4 Å². The first-order valence-electron chi connectivity index (χ1n) is 6.45. The third-order valence-corrected chi connectivity index (χ3v) is 3.49. The first-order valence-corrected chi connectivity index (χ1v) is 6.45. The van der Waals surface area contributed by atoms with Crippen molar-refractivity contribution >= 4 is 0 Å². The number of hydrogen-bond acceptors (Lipinski definition) is 2. The summed E-state index contributed by atoms with van der Waals surface area (Å²) in [5.74, 6) is 4.71. The van der Waals surface area contributed by atoms with Gasteiger partial charge in [0.1, 0.15) is 5.82 Å². The Kier molecular flexibility index (Phi) is 4.45. The monoisotopic (exact) mass is 288 g/mol. The van der Waals surface area contributed by atoms with E-state index in [4.69, 9.17) is 5.84 Å². The van der Waals surface area contributed by atoms with Gasteiger partial charge >= 0.3 is 6.18 Å². The summed E-state index contributed by atoms with van der Waals surface area (Å²) in [5.41, 5.74) is 2.17. The predicted molar refractivity (Wildman–Crippen MR) is 68.0 cm³/mol. The number of hydrogen-bond donors (Lipinski definition) is 2. The number of hydrazine groups is 1. The molecule has 6 heteroatoms. The van der Waals surface area contributed by atoms with Gasteiger partial charge in [0.2, 0.25) is 0 Å². The van der Waals surface area contributed by atoms with Crippen molar-refractivity contribution in [2.24, 2.45) is 5.84 Å². The number of nitrogens with two attached hydrogens (primary N) is 1. The molecule has 1 aliphatic carbocycles. The Hall–Kier alpha value is -1.40. The van der Waals surface area contributed by atoms with Gasteiger partial charge in [-0.2, -0.15) is 13.2 Å². The van der Waals surface area contributed by atoms with Crippen molar-refractivity contribution in [3.8, 4) is 0 Å². The molecule has 0 radical (unpaired) electrons. The van der Waals surface area contributed by atoms with Gasteiger partial charge in [0.25, 0.3) is 0 Å². The highest BCUT2D eigenvalue weighted by Gasteiger charge is 2.36. The fourth-order valence-corrected chi connectivity index (χ4v) is 2.55. The van der Waals surface area contributed by atoms with Crippen LogP contribution in [0.1, 0.15) is 42.9 Å². The number of nitrogens with one attached hydrogen (secondary N) is 1. The molecule has 0 saturated heterocycles. The third kappa shape index (κ3) is 3.19. The predicted octanol–water partition coefficient (Wildman–Crippen LogP) is 3.85. The van der Waals surface area contributed by atoms with Crippen LogP contribution in [0.25, 0.3) is 0 Å². The van der Waals surface area contributed by atoms with E-state index >= 15 is 0 Å².